The van der Waals surface area contributed by atoms with Crippen LogP contribution in [0.15, 0.2) is 0 Å². The summed E-state index contributed by atoms with van der Waals surface area (Å²) in [7, 11) is 0. The van der Waals surface area contributed by atoms with Crippen molar-refractivity contribution in [3.05, 3.63) is 11.6 Å². The number of hydrogen-bond acceptors (Lipinski definition) is 3. The summed E-state index contributed by atoms with van der Waals surface area (Å²) in [6.45, 7) is 6.06. The smallest absolute Gasteiger partial charge is 0.147 e. The maximum atomic E-state index is 4.34. The van der Waals surface area contributed by atoms with Crippen LogP contribution in [0.25, 0.3) is 0 Å². The zero-order chi connectivity index (χ0) is 9.26. The first-order chi connectivity index (χ1) is 6.25. The fourth-order valence-electron chi connectivity index (χ4n) is 1.86. The van der Waals surface area contributed by atoms with Gasteiger partial charge < -0.3 is 5.32 Å². The maximum absolute atomic E-state index is 4.34. The molecular weight excluding hydrogens is 164 g/mol. The molecule has 1 saturated heterocycles. The molecular formula is C9H16N4. The first kappa shape index (κ1) is 8.69. The van der Waals surface area contributed by atoms with Crippen molar-refractivity contribution in [1.82, 2.24) is 20.1 Å². The summed E-state index contributed by atoms with van der Waals surface area (Å²) in [6, 6.07) is 0.597. The van der Waals surface area contributed by atoms with Crippen LogP contribution >= 0.6 is 0 Å². The highest BCUT2D eigenvalue weighted by atomic mass is 15.3. The van der Waals surface area contributed by atoms with Gasteiger partial charge in [0.05, 0.1) is 6.54 Å². The molecule has 1 aromatic rings. The predicted molar refractivity (Wildman–Crippen MR) is 50.5 cm³/mol. The summed E-state index contributed by atoms with van der Waals surface area (Å²) in [4.78, 5) is 4.28. The van der Waals surface area contributed by atoms with Crippen molar-refractivity contribution in [2.45, 2.75) is 39.3 Å². The second-order valence-corrected chi connectivity index (χ2v) is 3.68. The molecule has 13 heavy (non-hydrogen) atoms. The summed E-state index contributed by atoms with van der Waals surface area (Å²) < 4.78 is 2.00. The van der Waals surface area contributed by atoms with Crippen molar-refractivity contribution < 1.29 is 0 Å². The summed E-state index contributed by atoms with van der Waals surface area (Å²) in [5, 5.41) is 7.79. The minimum absolute atomic E-state index is 0.597. The van der Waals surface area contributed by atoms with Crippen LogP contribution in [0, 0.1) is 13.8 Å². The van der Waals surface area contributed by atoms with E-state index in [1.54, 1.807) is 0 Å². The van der Waals surface area contributed by atoms with Gasteiger partial charge in [-0.3, -0.25) is 0 Å². The minimum Gasteiger partial charge on any atom is -0.312 e. The van der Waals surface area contributed by atoms with Gasteiger partial charge in [-0.05, 0) is 33.2 Å². The number of rotatable bonds is 2. The molecule has 0 spiro atoms. The third-order valence-electron chi connectivity index (χ3n) is 2.52. The highest BCUT2D eigenvalue weighted by Crippen LogP contribution is 2.08. The molecule has 1 aliphatic heterocycles. The number of hydrogen-bond donors (Lipinski definition) is 1. The molecule has 2 heterocycles. The number of aryl methyl sites for hydroxylation is 2. The first-order valence-electron chi connectivity index (χ1n) is 4.87. The molecule has 1 aliphatic rings. The van der Waals surface area contributed by atoms with E-state index in [0.29, 0.717) is 6.04 Å². The average Bonchev–Trinajstić information content (AvgIpc) is 2.63. The Bertz CT molecular complexity index is 286. The Morgan fingerprint density at radius 1 is 1.54 bits per heavy atom. The van der Waals surface area contributed by atoms with Gasteiger partial charge in [0.25, 0.3) is 0 Å². The highest BCUT2D eigenvalue weighted by molar-refractivity contribution is 4.89. The molecule has 0 aliphatic carbocycles. The predicted octanol–water partition coefficient (Wildman–Crippen LogP) is 0.647. The Balaban J connectivity index is 2.03. The van der Waals surface area contributed by atoms with Crippen molar-refractivity contribution in [1.29, 1.82) is 0 Å². The van der Waals surface area contributed by atoms with Gasteiger partial charge in [0.15, 0.2) is 0 Å². The van der Waals surface area contributed by atoms with Crippen LogP contribution < -0.4 is 5.32 Å². The number of nitrogens with zero attached hydrogens (tertiary/aromatic N) is 3. The molecule has 2 rings (SSSR count). The third kappa shape index (κ3) is 1.88. The monoisotopic (exact) mass is 180 g/mol. The zero-order valence-electron chi connectivity index (χ0n) is 8.25. The first-order valence-corrected chi connectivity index (χ1v) is 4.87. The quantitative estimate of drug-likeness (QED) is 0.726. The standard InChI is InChI=1S/C9H16N4/c1-7-11-8(2)13(12-7)6-9-4-3-5-10-9/h9-10H,3-6H2,1-2H3/t9-/m1/s1. The van der Waals surface area contributed by atoms with Crippen molar-refractivity contribution in [3.63, 3.8) is 0 Å². The van der Waals surface area contributed by atoms with Crippen molar-refractivity contribution >= 4 is 0 Å². The molecule has 4 heteroatoms. The topological polar surface area (TPSA) is 42.7 Å². The van der Waals surface area contributed by atoms with E-state index in [4.69, 9.17) is 0 Å². The van der Waals surface area contributed by atoms with Crippen LogP contribution in [-0.4, -0.2) is 27.4 Å². The second kappa shape index (κ2) is 3.46. The Labute approximate surface area is 78.4 Å². The van der Waals surface area contributed by atoms with Crippen molar-refractivity contribution in [3.8, 4) is 0 Å². The summed E-state index contributed by atoms with van der Waals surface area (Å²) >= 11 is 0. The molecule has 1 aromatic heterocycles. The van der Waals surface area contributed by atoms with E-state index in [-0.39, 0.29) is 0 Å². The van der Waals surface area contributed by atoms with Crippen LogP contribution in [0.1, 0.15) is 24.5 Å². The molecule has 0 unspecified atom stereocenters. The molecule has 0 bridgehead atoms. The van der Waals surface area contributed by atoms with Crippen LogP contribution in [-0.2, 0) is 6.54 Å². The van der Waals surface area contributed by atoms with Crippen LogP contribution in [0.4, 0.5) is 0 Å². The minimum atomic E-state index is 0.597. The lowest BCUT2D eigenvalue weighted by molar-refractivity contribution is 0.466. The summed E-state index contributed by atoms with van der Waals surface area (Å²) in [5.74, 6) is 1.89. The normalized spacial score (nSPS) is 22.5. The van der Waals surface area contributed by atoms with E-state index in [1.807, 2.05) is 18.5 Å². The zero-order valence-corrected chi connectivity index (χ0v) is 8.25. The Morgan fingerprint density at radius 3 is 2.92 bits per heavy atom. The van der Waals surface area contributed by atoms with Gasteiger partial charge in [-0.2, -0.15) is 5.10 Å². The van der Waals surface area contributed by atoms with Gasteiger partial charge in [0, 0.05) is 6.04 Å². The molecule has 1 N–H and O–H groups in total. The molecule has 0 amide bonds. The van der Waals surface area contributed by atoms with Gasteiger partial charge in [-0.15, -0.1) is 0 Å². The largest absolute Gasteiger partial charge is 0.312 e. The van der Waals surface area contributed by atoms with Gasteiger partial charge in [-0.1, -0.05) is 0 Å². The third-order valence-corrected chi connectivity index (χ3v) is 2.52. The molecule has 1 atom stereocenters. The van der Waals surface area contributed by atoms with E-state index in [2.05, 4.69) is 15.4 Å². The van der Waals surface area contributed by atoms with Crippen molar-refractivity contribution in [2.75, 3.05) is 6.54 Å². The van der Waals surface area contributed by atoms with E-state index >= 15 is 0 Å². The Hall–Kier alpha value is -0.900. The SMILES string of the molecule is Cc1nc(C)n(C[C@H]2CCCN2)n1. The van der Waals surface area contributed by atoms with E-state index in [0.717, 1.165) is 24.7 Å². The van der Waals surface area contributed by atoms with Gasteiger partial charge in [0.2, 0.25) is 0 Å². The number of aromatic nitrogens is 3. The molecule has 0 saturated carbocycles. The van der Waals surface area contributed by atoms with Gasteiger partial charge in [0.1, 0.15) is 11.6 Å². The van der Waals surface area contributed by atoms with E-state index < -0.39 is 0 Å². The Morgan fingerprint density at radius 2 is 2.38 bits per heavy atom. The fraction of sp³-hybridized carbons (Fsp3) is 0.778. The lowest BCUT2D eigenvalue weighted by atomic mass is 10.2. The number of nitrogens with one attached hydrogen (secondary N) is 1. The lowest BCUT2D eigenvalue weighted by Crippen LogP contribution is -2.27. The fourth-order valence-corrected chi connectivity index (χ4v) is 1.86. The van der Waals surface area contributed by atoms with Crippen LogP contribution in [0.3, 0.4) is 0 Å². The van der Waals surface area contributed by atoms with Gasteiger partial charge >= 0.3 is 0 Å². The van der Waals surface area contributed by atoms with E-state index in [9.17, 15) is 0 Å². The summed E-state index contributed by atoms with van der Waals surface area (Å²) in [5.41, 5.74) is 0. The average molecular weight is 180 g/mol. The molecule has 0 radical (unpaired) electrons. The molecule has 1 fully saturated rings. The van der Waals surface area contributed by atoms with Crippen molar-refractivity contribution in [2.24, 2.45) is 0 Å². The van der Waals surface area contributed by atoms with Gasteiger partial charge in [-0.25, -0.2) is 9.67 Å². The molecule has 72 valence electrons. The molecule has 0 aromatic carbocycles. The Kier molecular flexibility index (Phi) is 2.31. The van der Waals surface area contributed by atoms with Crippen LogP contribution in [0.2, 0.25) is 0 Å². The second-order valence-electron chi connectivity index (χ2n) is 3.68. The summed E-state index contributed by atoms with van der Waals surface area (Å²) in [6.07, 6.45) is 2.55. The highest BCUT2D eigenvalue weighted by Gasteiger charge is 2.15. The van der Waals surface area contributed by atoms with E-state index in [1.165, 1.54) is 12.8 Å². The lowest BCUT2D eigenvalue weighted by Gasteiger charge is -2.10. The maximum Gasteiger partial charge on any atom is 0.147 e. The molecule has 4 nitrogen and oxygen atoms in total. The van der Waals surface area contributed by atoms with Crippen LogP contribution in [0.5, 0.6) is 0 Å².